The molecule has 106 valence electrons. The summed E-state index contributed by atoms with van der Waals surface area (Å²) in [6.45, 7) is 2.48. The molecule has 0 fully saturated rings. The van der Waals surface area contributed by atoms with Crippen LogP contribution in [0.2, 0.25) is 0 Å². The number of para-hydroxylation sites is 1. The van der Waals surface area contributed by atoms with Gasteiger partial charge in [0.05, 0.1) is 12.7 Å². The summed E-state index contributed by atoms with van der Waals surface area (Å²) >= 11 is 0. The van der Waals surface area contributed by atoms with Crippen molar-refractivity contribution in [2.24, 2.45) is 0 Å². The van der Waals surface area contributed by atoms with E-state index in [4.69, 9.17) is 4.74 Å². The van der Waals surface area contributed by atoms with E-state index in [1.54, 1.807) is 25.3 Å². The van der Waals surface area contributed by atoms with E-state index in [1.165, 1.54) is 0 Å². The predicted octanol–water partition coefficient (Wildman–Crippen LogP) is 2.96. The molecule has 4 heteroatoms. The molecule has 0 amide bonds. The Morgan fingerprint density at radius 3 is 2.35 bits per heavy atom. The maximum Gasteiger partial charge on any atom is 0.124 e. The van der Waals surface area contributed by atoms with Crippen molar-refractivity contribution < 1.29 is 14.9 Å². The fourth-order valence-corrected chi connectivity index (χ4v) is 2.20. The first kappa shape index (κ1) is 14.2. The van der Waals surface area contributed by atoms with Crippen LogP contribution in [0.25, 0.3) is 0 Å². The fraction of sp³-hybridized carbons (Fsp3) is 0.250. The number of phenolic OH excluding ortho intramolecular Hbond substituents is 2. The van der Waals surface area contributed by atoms with Crippen molar-refractivity contribution in [3.8, 4) is 17.2 Å². The van der Waals surface area contributed by atoms with Crippen molar-refractivity contribution in [1.29, 1.82) is 0 Å². The number of phenols is 2. The molecular weight excluding hydrogens is 254 g/mol. The van der Waals surface area contributed by atoms with Crippen molar-refractivity contribution in [1.82, 2.24) is 5.32 Å². The number of hydrogen-bond acceptors (Lipinski definition) is 4. The average molecular weight is 273 g/mol. The lowest BCUT2D eigenvalue weighted by Crippen LogP contribution is -2.18. The predicted molar refractivity (Wildman–Crippen MR) is 78.0 cm³/mol. The number of aromatic hydroxyl groups is 2. The largest absolute Gasteiger partial charge is 0.507 e. The molecule has 1 atom stereocenters. The number of rotatable bonds is 5. The summed E-state index contributed by atoms with van der Waals surface area (Å²) in [5, 5.41) is 22.9. The van der Waals surface area contributed by atoms with Crippen LogP contribution in [-0.2, 0) is 6.54 Å². The summed E-state index contributed by atoms with van der Waals surface area (Å²) in [4.78, 5) is 0. The minimum atomic E-state index is -0.180. The molecule has 4 nitrogen and oxygen atoms in total. The second-order valence-corrected chi connectivity index (χ2v) is 4.62. The first-order valence-electron chi connectivity index (χ1n) is 6.49. The summed E-state index contributed by atoms with van der Waals surface area (Å²) in [5.74, 6) is 0.990. The van der Waals surface area contributed by atoms with Gasteiger partial charge in [-0.15, -0.1) is 0 Å². The average Bonchev–Trinajstić information content (AvgIpc) is 2.45. The van der Waals surface area contributed by atoms with Gasteiger partial charge in [0.2, 0.25) is 0 Å². The highest BCUT2D eigenvalue weighted by Gasteiger charge is 2.15. The lowest BCUT2D eigenvalue weighted by Gasteiger charge is -2.17. The summed E-state index contributed by atoms with van der Waals surface area (Å²) in [6.07, 6.45) is 0. The zero-order valence-corrected chi connectivity index (χ0v) is 11.6. The zero-order valence-electron chi connectivity index (χ0n) is 11.6. The van der Waals surface area contributed by atoms with E-state index in [2.05, 4.69) is 5.32 Å². The molecule has 20 heavy (non-hydrogen) atoms. The topological polar surface area (TPSA) is 61.7 Å². The molecule has 0 saturated heterocycles. The minimum Gasteiger partial charge on any atom is -0.507 e. The molecule has 0 saturated carbocycles. The lowest BCUT2D eigenvalue weighted by atomic mass is 10.1. The van der Waals surface area contributed by atoms with Gasteiger partial charge in [0.1, 0.15) is 17.2 Å². The van der Waals surface area contributed by atoms with Crippen LogP contribution in [0, 0.1) is 0 Å². The van der Waals surface area contributed by atoms with E-state index in [-0.39, 0.29) is 17.5 Å². The third-order valence-electron chi connectivity index (χ3n) is 3.28. The van der Waals surface area contributed by atoms with E-state index in [9.17, 15) is 10.2 Å². The summed E-state index contributed by atoms with van der Waals surface area (Å²) in [7, 11) is 1.64. The van der Waals surface area contributed by atoms with Crippen molar-refractivity contribution in [2.45, 2.75) is 19.5 Å². The van der Waals surface area contributed by atoms with E-state index < -0.39 is 0 Å². The number of hydrogen-bond donors (Lipinski definition) is 3. The second kappa shape index (κ2) is 6.30. The number of methoxy groups -OCH3 is 1. The Labute approximate surface area is 118 Å². The van der Waals surface area contributed by atoms with Crippen LogP contribution < -0.4 is 10.1 Å². The van der Waals surface area contributed by atoms with Gasteiger partial charge in [-0.25, -0.2) is 0 Å². The molecule has 0 aromatic heterocycles. The van der Waals surface area contributed by atoms with E-state index in [0.717, 1.165) is 11.3 Å². The van der Waals surface area contributed by atoms with Crippen LogP contribution in [0.15, 0.2) is 42.5 Å². The number of nitrogens with one attached hydrogen (secondary N) is 1. The molecule has 0 heterocycles. The SMILES string of the molecule is COc1ccccc1CNC(C)c1c(O)cccc1O. The molecule has 3 N–H and O–H groups in total. The third-order valence-corrected chi connectivity index (χ3v) is 3.28. The van der Waals surface area contributed by atoms with Crippen molar-refractivity contribution in [2.75, 3.05) is 7.11 Å². The van der Waals surface area contributed by atoms with E-state index >= 15 is 0 Å². The van der Waals surface area contributed by atoms with Gasteiger partial charge in [-0.3, -0.25) is 0 Å². The van der Waals surface area contributed by atoms with Crippen molar-refractivity contribution in [3.05, 3.63) is 53.6 Å². The van der Waals surface area contributed by atoms with Gasteiger partial charge in [-0.1, -0.05) is 24.3 Å². The molecule has 0 bridgehead atoms. The van der Waals surface area contributed by atoms with Gasteiger partial charge in [-0.2, -0.15) is 0 Å². The Hall–Kier alpha value is -2.20. The normalized spacial score (nSPS) is 12.1. The van der Waals surface area contributed by atoms with E-state index in [0.29, 0.717) is 12.1 Å². The molecular formula is C16H19NO3. The number of ether oxygens (including phenoxy) is 1. The quantitative estimate of drug-likeness (QED) is 0.784. The molecule has 1 unspecified atom stereocenters. The summed E-state index contributed by atoms with van der Waals surface area (Å²) < 4.78 is 5.29. The van der Waals surface area contributed by atoms with Crippen LogP contribution in [0.3, 0.4) is 0 Å². The molecule has 0 aliphatic rings. The van der Waals surface area contributed by atoms with Crippen LogP contribution in [0.1, 0.15) is 24.1 Å². The first-order valence-corrected chi connectivity index (χ1v) is 6.49. The van der Waals surface area contributed by atoms with Gasteiger partial charge >= 0.3 is 0 Å². The second-order valence-electron chi connectivity index (χ2n) is 4.62. The summed E-state index contributed by atoms with van der Waals surface area (Å²) in [6, 6.07) is 12.3. The Morgan fingerprint density at radius 1 is 1.05 bits per heavy atom. The Balaban J connectivity index is 2.11. The molecule has 2 rings (SSSR count). The maximum atomic E-state index is 9.84. The van der Waals surface area contributed by atoms with Gasteiger partial charge in [0, 0.05) is 18.2 Å². The fourth-order valence-electron chi connectivity index (χ4n) is 2.20. The Kier molecular flexibility index (Phi) is 4.48. The third kappa shape index (κ3) is 3.03. The first-order chi connectivity index (χ1) is 9.63. The van der Waals surface area contributed by atoms with Crippen molar-refractivity contribution in [3.63, 3.8) is 0 Å². The van der Waals surface area contributed by atoms with Crippen LogP contribution >= 0.6 is 0 Å². The lowest BCUT2D eigenvalue weighted by molar-refractivity contribution is 0.401. The summed E-state index contributed by atoms with van der Waals surface area (Å²) in [5.41, 5.74) is 1.53. The van der Waals surface area contributed by atoms with Crippen molar-refractivity contribution >= 4 is 0 Å². The standard InChI is InChI=1S/C16H19NO3/c1-11(16-13(18)7-5-8-14(16)19)17-10-12-6-3-4-9-15(12)20-2/h3-9,11,17-19H,10H2,1-2H3. The van der Waals surface area contributed by atoms with Gasteiger partial charge in [-0.05, 0) is 25.1 Å². The van der Waals surface area contributed by atoms with Gasteiger partial charge in [0.25, 0.3) is 0 Å². The Bertz CT molecular complexity index is 563. The van der Waals surface area contributed by atoms with Crippen LogP contribution in [0.4, 0.5) is 0 Å². The molecule has 0 aliphatic carbocycles. The monoisotopic (exact) mass is 273 g/mol. The molecule has 2 aromatic rings. The molecule has 0 radical (unpaired) electrons. The molecule has 0 aliphatic heterocycles. The smallest absolute Gasteiger partial charge is 0.124 e. The minimum absolute atomic E-state index is 0.0880. The van der Waals surface area contributed by atoms with Crippen LogP contribution in [-0.4, -0.2) is 17.3 Å². The maximum absolute atomic E-state index is 9.84. The molecule has 0 spiro atoms. The van der Waals surface area contributed by atoms with Gasteiger partial charge < -0.3 is 20.3 Å². The highest BCUT2D eigenvalue weighted by molar-refractivity contribution is 5.45. The highest BCUT2D eigenvalue weighted by Crippen LogP contribution is 2.32. The number of benzene rings is 2. The van der Waals surface area contributed by atoms with Crippen LogP contribution in [0.5, 0.6) is 17.2 Å². The Morgan fingerprint density at radius 2 is 1.70 bits per heavy atom. The molecule has 2 aromatic carbocycles. The zero-order chi connectivity index (χ0) is 14.5. The van der Waals surface area contributed by atoms with E-state index in [1.807, 2.05) is 31.2 Å². The highest BCUT2D eigenvalue weighted by atomic mass is 16.5. The van der Waals surface area contributed by atoms with Gasteiger partial charge in [0.15, 0.2) is 0 Å².